The van der Waals surface area contributed by atoms with Crippen LogP contribution in [0.4, 0.5) is 5.69 Å². The molecule has 1 aromatic carbocycles. The number of hydrogen-bond acceptors (Lipinski definition) is 3. The third kappa shape index (κ3) is 2.15. The Balaban J connectivity index is 2.20. The van der Waals surface area contributed by atoms with Crippen LogP contribution in [0.25, 0.3) is 0 Å². The lowest BCUT2D eigenvalue weighted by Gasteiger charge is -2.10. The van der Waals surface area contributed by atoms with Crippen LogP contribution in [0.3, 0.4) is 0 Å². The molecule has 0 saturated carbocycles. The van der Waals surface area contributed by atoms with Crippen molar-refractivity contribution >= 4 is 15.5 Å². The molecule has 4 heteroatoms. The summed E-state index contributed by atoms with van der Waals surface area (Å²) in [5, 5.41) is -0.220. The van der Waals surface area contributed by atoms with Gasteiger partial charge in [0.05, 0.1) is 11.0 Å². The quantitative estimate of drug-likeness (QED) is 0.774. The molecule has 0 amide bonds. The van der Waals surface area contributed by atoms with Gasteiger partial charge in [0.15, 0.2) is 9.84 Å². The van der Waals surface area contributed by atoms with Gasteiger partial charge < -0.3 is 5.73 Å². The van der Waals surface area contributed by atoms with Crippen molar-refractivity contribution in [2.75, 3.05) is 11.5 Å². The fourth-order valence-corrected chi connectivity index (χ4v) is 3.91. The molecule has 2 N–H and O–H groups in total. The van der Waals surface area contributed by atoms with Crippen LogP contribution >= 0.6 is 0 Å². The zero-order chi connectivity index (χ0) is 10.9. The second-order valence-corrected chi connectivity index (χ2v) is 6.43. The van der Waals surface area contributed by atoms with Crippen molar-refractivity contribution in [3.63, 3.8) is 0 Å². The minimum atomic E-state index is -2.86. The first-order valence-corrected chi connectivity index (χ1v) is 6.86. The summed E-state index contributed by atoms with van der Waals surface area (Å²) in [5.41, 5.74) is 7.44. The van der Waals surface area contributed by atoms with E-state index in [1.165, 1.54) is 0 Å². The van der Waals surface area contributed by atoms with E-state index in [1.54, 1.807) is 0 Å². The van der Waals surface area contributed by atoms with Crippen LogP contribution in [0, 0.1) is 0 Å². The maximum atomic E-state index is 11.6. The average molecular weight is 225 g/mol. The lowest BCUT2D eigenvalue weighted by atomic mass is 10.1. The van der Waals surface area contributed by atoms with E-state index >= 15 is 0 Å². The first-order chi connectivity index (χ1) is 7.09. The summed E-state index contributed by atoms with van der Waals surface area (Å²) in [4.78, 5) is 0. The molecule has 1 aromatic rings. The maximum absolute atomic E-state index is 11.6. The number of rotatable bonds is 2. The highest BCUT2D eigenvalue weighted by atomic mass is 32.2. The lowest BCUT2D eigenvalue weighted by molar-refractivity contribution is 0.588. The highest BCUT2D eigenvalue weighted by Gasteiger charge is 2.31. The van der Waals surface area contributed by atoms with Gasteiger partial charge in [-0.2, -0.15) is 0 Å². The second-order valence-electron chi connectivity index (χ2n) is 4.03. The number of nitrogen functional groups attached to an aromatic ring is 1. The van der Waals surface area contributed by atoms with Crippen LogP contribution in [-0.4, -0.2) is 19.4 Å². The Labute approximate surface area is 90.2 Å². The Hall–Kier alpha value is -1.03. The van der Waals surface area contributed by atoms with Gasteiger partial charge in [-0.05, 0) is 30.9 Å². The summed E-state index contributed by atoms with van der Waals surface area (Å²) in [5.74, 6) is 0.338. The molecule has 0 aromatic heterocycles. The van der Waals surface area contributed by atoms with Gasteiger partial charge in [-0.3, -0.25) is 0 Å². The first-order valence-electron chi connectivity index (χ1n) is 5.14. The van der Waals surface area contributed by atoms with Gasteiger partial charge in [0, 0.05) is 5.69 Å². The van der Waals surface area contributed by atoms with Crippen LogP contribution in [0.15, 0.2) is 24.3 Å². The van der Waals surface area contributed by atoms with E-state index in [0.29, 0.717) is 17.9 Å². The molecule has 0 bridgehead atoms. The highest BCUT2D eigenvalue weighted by Crippen LogP contribution is 2.25. The largest absolute Gasteiger partial charge is 0.399 e. The van der Waals surface area contributed by atoms with Crippen molar-refractivity contribution in [3.05, 3.63) is 29.8 Å². The van der Waals surface area contributed by atoms with Gasteiger partial charge in [-0.15, -0.1) is 0 Å². The van der Waals surface area contributed by atoms with Crippen molar-refractivity contribution in [2.45, 2.75) is 24.5 Å². The van der Waals surface area contributed by atoms with Crippen molar-refractivity contribution in [3.8, 4) is 0 Å². The van der Waals surface area contributed by atoms with Crippen LogP contribution in [0.5, 0.6) is 0 Å². The van der Waals surface area contributed by atoms with Gasteiger partial charge in [0.25, 0.3) is 0 Å². The van der Waals surface area contributed by atoms with Crippen molar-refractivity contribution in [1.29, 1.82) is 0 Å². The predicted octanol–water partition coefficient (Wildman–Crippen LogP) is 1.39. The third-order valence-electron chi connectivity index (χ3n) is 2.97. The number of anilines is 1. The molecule has 1 aliphatic heterocycles. The topological polar surface area (TPSA) is 60.2 Å². The zero-order valence-corrected chi connectivity index (χ0v) is 9.33. The van der Waals surface area contributed by atoms with E-state index in [9.17, 15) is 8.42 Å². The Kier molecular flexibility index (Phi) is 2.69. The van der Waals surface area contributed by atoms with E-state index < -0.39 is 9.84 Å². The molecule has 0 aliphatic carbocycles. The molecular weight excluding hydrogens is 210 g/mol. The molecule has 1 aliphatic rings. The molecule has 1 heterocycles. The molecule has 1 unspecified atom stereocenters. The fourth-order valence-electron chi connectivity index (χ4n) is 2.05. The minimum absolute atomic E-state index is 0.220. The highest BCUT2D eigenvalue weighted by molar-refractivity contribution is 7.92. The molecular formula is C11H15NO2S. The first kappa shape index (κ1) is 10.5. The molecule has 1 fully saturated rings. The summed E-state index contributed by atoms with van der Waals surface area (Å²) in [6.45, 7) is 0. The van der Waals surface area contributed by atoms with Gasteiger partial charge >= 0.3 is 0 Å². The SMILES string of the molecule is Nc1ccccc1CC1CCCS1(=O)=O. The molecule has 0 radical (unpaired) electrons. The molecule has 82 valence electrons. The Morgan fingerprint density at radius 3 is 2.67 bits per heavy atom. The minimum Gasteiger partial charge on any atom is -0.399 e. The lowest BCUT2D eigenvalue weighted by Crippen LogP contribution is -2.19. The molecule has 3 nitrogen and oxygen atoms in total. The summed E-state index contributed by atoms with van der Waals surface area (Å²) in [6, 6.07) is 7.48. The van der Waals surface area contributed by atoms with E-state index in [2.05, 4.69) is 0 Å². The monoisotopic (exact) mass is 225 g/mol. The Morgan fingerprint density at radius 1 is 1.33 bits per heavy atom. The normalized spacial score (nSPS) is 24.1. The fraction of sp³-hybridized carbons (Fsp3) is 0.455. The maximum Gasteiger partial charge on any atom is 0.153 e. The second kappa shape index (κ2) is 3.85. The Morgan fingerprint density at radius 2 is 2.07 bits per heavy atom. The zero-order valence-electron chi connectivity index (χ0n) is 8.52. The van der Waals surface area contributed by atoms with Crippen molar-refractivity contribution in [2.24, 2.45) is 0 Å². The number of benzene rings is 1. The van der Waals surface area contributed by atoms with Gasteiger partial charge in [0.2, 0.25) is 0 Å². The van der Waals surface area contributed by atoms with E-state index in [4.69, 9.17) is 5.73 Å². The van der Waals surface area contributed by atoms with Crippen LogP contribution in [0.1, 0.15) is 18.4 Å². The standard InChI is InChI=1S/C11H15NO2S/c12-11-6-2-1-4-9(11)8-10-5-3-7-15(10,13)14/h1-2,4,6,10H,3,5,7-8,12H2. The van der Waals surface area contributed by atoms with Crippen molar-refractivity contribution in [1.82, 2.24) is 0 Å². The van der Waals surface area contributed by atoms with E-state index in [0.717, 1.165) is 18.4 Å². The number of hydrogen-bond donors (Lipinski definition) is 1. The third-order valence-corrected chi connectivity index (χ3v) is 5.24. The van der Waals surface area contributed by atoms with Crippen LogP contribution in [-0.2, 0) is 16.3 Å². The molecule has 1 saturated heterocycles. The molecule has 15 heavy (non-hydrogen) atoms. The average Bonchev–Trinajstić information content (AvgIpc) is 2.50. The van der Waals surface area contributed by atoms with E-state index in [-0.39, 0.29) is 5.25 Å². The van der Waals surface area contributed by atoms with Crippen molar-refractivity contribution < 1.29 is 8.42 Å². The molecule has 0 spiro atoms. The smallest absolute Gasteiger partial charge is 0.153 e. The number of sulfone groups is 1. The van der Waals surface area contributed by atoms with Gasteiger partial charge in [0.1, 0.15) is 0 Å². The predicted molar refractivity (Wildman–Crippen MR) is 61.4 cm³/mol. The Bertz CT molecular complexity index is 453. The van der Waals surface area contributed by atoms with Gasteiger partial charge in [-0.1, -0.05) is 18.2 Å². The van der Waals surface area contributed by atoms with Crippen LogP contribution in [0.2, 0.25) is 0 Å². The van der Waals surface area contributed by atoms with E-state index in [1.807, 2.05) is 24.3 Å². The number of para-hydroxylation sites is 1. The summed E-state index contributed by atoms with van der Waals surface area (Å²) < 4.78 is 23.3. The summed E-state index contributed by atoms with van der Waals surface area (Å²) in [7, 11) is -2.86. The number of nitrogens with two attached hydrogens (primary N) is 1. The van der Waals surface area contributed by atoms with Crippen LogP contribution < -0.4 is 5.73 Å². The van der Waals surface area contributed by atoms with Gasteiger partial charge in [-0.25, -0.2) is 8.42 Å². The summed E-state index contributed by atoms with van der Waals surface area (Å²) in [6.07, 6.45) is 2.13. The summed E-state index contributed by atoms with van der Waals surface area (Å²) >= 11 is 0. The molecule has 2 rings (SSSR count). The molecule has 1 atom stereocenters.